The van der Waals surface area contributed by atoms with E-state index in [-0.39, 0.29) is 12.1 Å². The van der Waals surface area contributed by atoms with Crippen LogP contribution in [0.5, 0.6) is 0 Å². The van der Waals surface area contributed by atoms with E-state index in [0.29, 0.717) is 11.0 Å². The van der Waals surface area contributed by atoms with Gasteiger partial charge >= 0.3 is 0 Å². The van der Waals surface area contributed by atoms with Gasteiger partial charge in [-0.05, 0) is 34.1 Å². The monoisotopic (exact) mass is 277 g/mol. The van der Waals surface area contributed by atoms with E-state index < -0.39 is 0 Å². The zero-order chi connectivity index (χ0) is 11.3. The smallest absolute Gasteiger partial charge is 0.173 e. The van der Waals surface area contributed by atoms with Gasteiger partial charge in [0, 0.05) is 24.4 Å². The fourth-order valence-corrected chi connectivity index (χ4v) is 1.58. The summed E-state index contributed by atoms with van der Waals surface area (Å²) in [6, 6.07) is 4.44. The lowest BCUT2D eigenvalue weighted by molar-refractivity contribution is -0.0914. The summed E-state index contributed by atoms with van der Waals surface area (Å²) in [4.78, 5) is 0. The molecular formula is C10H13BrFNO2. The van der Waals surface area contributed by atoms with Crippen LogP contribution in [-0.2, 0) is 9.47 Å². The predicted octanol–water partition coefficient (Wildman–Crippen LogP) is 2.62. The summed E-state index contributed by atoms with van der Waals surface area (Å²) in [6.45, 7) is 0.497. The molecule has 0 fully saturated rings. The van der Waals surface area contributed by atoms with Crippen molar-refractivity contribution in [3.63, 3.8) is 0 Å². The quantitative estimate of drug-likeness (QED) is 0.840. The van der Waals surface area contributed by atoms with Crippen LogP contribution < -0.4 is 5.32 Å². The second-order valence-corrected chi connectivity index (χ2v) is 3.76. The normalized spacial score (nSPS) is 10.7. The number of anilines is 1. The molecule has 0 amide bonds. The van der Waals surface area contributed by atoms with E-state index in [0.717, 1.165) is 5.69 Å². The molecule has 84 valence electrons. The second-order valence-electron chi connectivity index (χ2n) is 2.91. The summed E-state index contributed by atoms with van der Waals surface area (Å²) >= 11 is 3.26. The molecule has 0 atom stereocenters. The number of hydrogen-bond donors (Lipinski definition) is 1. The van der Waals surface area contributed by atoms with Crippen molar-refractivity contribution in [1.82, 2.24) is 0 Å². The van der Waals surface area contributed by atoms with Crippen molar-refractivity contribution in [3.05, 3.63) is 28.5 Å². The molecule has 3 nitrogen and oxygen atoms in total. The van der Waals surface area contributed by atoms with E-state index in [1.807, 2.05) is 0 Å². The second kappa shape index (κ2) is 6.05. The molecule has 1 rings (SSSR count). The van der Waals surface area contributed by atoms with E-state index in [4.69, 9.17) is 9.47 Å². The van der Waals surface area contributed by atoms with Crippen LogP contribution in [0.25, 0.3) is 0 Å². The van der Waals surface area contributed by atoms with Crippen LogP contribution in [0.2, 0.25) is 0 Å². The van der Waals surface area contributed by atoms with Crippen LogP contribution in [0.3, 0.4) is 0 Å². The van der Waals surface area contributed by atoms with Crippen molar-refractivity contribution in [2.75, 3.05) is 26.1 Å². The van der Waals surface area contributed by atoms with Gasteiger partial charge in [-0.2, -0.15) is 0 Å². The van der Waals surface area contributed by atoms with E-state index in [1.54, 1.807) is 20.3 Å². The van der Waals surface area contributed by atoms with Crippen LogP contribution in [0, 0.1) is 5.82 Å². The number of nitrogens with one attached hydrogen (secondary N) is 1. The van der Waals surface area contributed by atoms with Crippen molar-refractivity contribution in [3.8, 4) is 0 Å². The average molecular weight is 278 g/mol. The number of hydrogen-bond acceptors (Lipinski definition) is 3. The Kier molecular flexibility index (Phi) is 5.01. The number of halogens is 2. The van der Waals surface area contributed by atoms with Crippen molar-refractivity contribution >= 4 is 21.6 Å². The van der Waals surface area contributed by atoms with E-state index >= 15 is 0 Å². The molecule has 0 bridgehead atoms. The average Bonchev–Trinajstić information content (AvgIpc) is 2.22. The number of methoxy groups -OCH3 is 2. The highest BCUT2D eigenvalue weighted by molar-refractivity contribution is 9.10. The van der Waals surface area contributed by atoms with Crippen LogP contribution in [0.1, 0.15) is 0 Å². The lowest BCUT2D eigenvalue weighted by atomic mass is 10.3. The first-order valence-electron chi connectivity index (χ1n) is 4.42. The molecule has 1 N–H and O–H groups in total. The number of ether oxygens (including phenoxy) is 2. The molecule has 0 saturated heterocycles. The Bertz CT molecular complexity index is 318. The van der Waals surface area contributed by atoms with Gasteiger partial charge in [-0.3, -0.25) is 0 Å². The molecule has 5 heteroatoms. The first-order chi connectivity index (χ1) is 7.17. The minimum Gasteiger partial charge on any atom is -0.379 e. The first kappa shape index (κ1) is 12.4. The van der Waals surface area contributed by atoms with Crippen molar-refractivity contribution < 1.29 is 13.9 Å². The summed E-state index contributed by atoms with van der Waals surface area (Å²) in [6.07, 6.45) is -0.318. The molecule has 0 spiro atoms. The minimum absolute atomic E-state index is 0.276. The Morgan fingerprint density at radius 3 is 2.60 bits per heavy atom. The third kappa shape index (κ3) is 3.77. The standard InChI is InChI=1S/C10H13BrFNO2/c1-14-10(15-2)6-13-9-4-3-7(12)5-8(9)11/h3-5,10,13H,6H2,1-2H3. The molecule has 1 aromatic rings. The molecule has 0 heterocycles. The van der Waals surface area contributed by atoms with Crippen molar-refractivity contribution in [2.45, 2.75) is 6.29 Å². The van der Waals surface area contributed by atoms with Gasteiger partial charge in [-0.15, -0.1) is 0 Å². The molecule has 0 saturated carbocycles. The lowest BCUT2D eigenvalue weighted by Gasteiger charge is -2.15. The Hall–Kier alpha value is -0.650. The maximum absolute atomic E-state index is 12.8. The Morgan fingerprint density at radius 2 is 2.07 bits per heavy atom. The number of rotatable bonds is 5. The van der Waals surface area contributed by atoms with E-state index in [9.17, 15) is 4.39 Å². The molecule has 15 heavy (non-hydrogen) atoms. The van der Waals surface area contributed by atoms with Crippen LogP contribution in [-0.4, -0.2) is 27.1 Å². The molecule has 0 radical (unpaired) electrons. The predicted molar refractivity (Wildman–Crippen MR) is 60.4 cm³/mol. The number of benzene rings is 1. The van der Waals surface area contributed by atoms with Gasteiger partial charge in [0.05, 0.1) is 6.54 Å². The highest BCUT2D eigenvalue weighted by Crippen LogP contribution is 2.22. The lowest BCUT2D eigenvalue weighted by Crippen LogP contribution is -2.23. The van der Waals surface area contributed by atoms with Crippen molar-refractivity contribution in [1.29, 1.82) is 0 Å². The highest BCUT2D eigenvalue weighted by Gasteiger charge is 2.06. The van der Waals surface area contributed by atoms with Gasteiger partial charge < -0.3 is 14.8 Å². The molecule has 0 aliphatic heterocycles. The fourth-order valence-electron chi connectivity index (χ4n) is 1.09. The summed E-state index contributed by atoms with van der Waals surface area (Å²) in [7, 11) is 3.13. The maximum Gasteiger partial charge on any atom is 0.173 e. The highest BCUT2D eigenvalue weighted by atomic mass is 79.9. The third-order valence-electron chi connectivity index (χ3n) is 1.92. The van der Waals surface area contributed by atoms with Crippen molar-refractivity contribution in [2.24, 2.45) is 0 Å². The third-order valence-corrected chi connectivity index (χ3v) is 2.57. The zero-order valence-electron chi connectivity index (χ0n) is 8.59. The van der Waals surface area contributed by atoms with Gasteiger partial charge in [0.15, 0.2) is 6.29 Å². The Balaban J connectivity index is 2.57. The molecule has 1 aromatic carbocycles. The van der Waals surface area contributed by atoms with Gasteiger partial charge in [-0.1, -0.05) is 0 Å². The molecular weight excluding hydrogens is 265 g/mol. The van der Waals surface area contributed by atoms with Crippen LogP contribution >= 0.6 is 15.9 Å². The minimum atomic E-state index is -0.318. The van der Waals surface area contributed by atoms with E-state index in [2.05, 4.69) is 21.2 Å². The summed E-state index contributed by atoms with van der Waals surface area (Å²) < 4.78 is 23.5. The molecule has 0 aliphatic carbocycles. The SMILES string of the molecule is COC(CNc1ccc(F)cc1Br)OC. The fraction of sp³-hybridized carbons (Fsp3) is 0.400. The molecule has 0 unspecified atom stereocenters. The zero-order valence-corrected chi connectivity index (χ0v) is 10.2. The van der Waals surface area contributed by atoms with Gasteiger partial charge in [0.1, 0.15) is 5.82 Å². The van der Waals surface area contributed by atoms with Crippen LogP contribution in [0.15, 0.2) is 22.7 Å². The summed E-state index contributed by atoms with van der Waals surface area (Å²) in [5.74, 6) is -0.276. The Labute approximate surface area is 96.7 Å². The molecule has 0 aromatic heterocycles. The first-order valence-corrected chi connectivity index (χ1v) is 5.21. The topological polar surface area (TPSA) is 30.5 Å². The van der Waals surface area contributed by atoms with Gasteiger partial charge in [0.25, 0.3) is 0 Å². The molecule has 0 aliphatic rings. The van der Waals surface area contributed by atoms with Crippen LogP contribution in [0.4, 0.5) is 10.1 Å². The summed E-state index contributed by atoms with van der Waals surface area (Å²) in [5, 5.41) is 3.08. The van der Waals surface area contributed by atoms with Gasteiger partial charge in [-0.25, -0.2) is 4.39 Å². The maximum atomic E-state index is 12.8. The largest absolute Gasteiger partial charge is 0.379 e. The Morgan fingerprint density at radius 1 is 1.40 bits per heavy atom. The van der Waals surface area contributed by atoms with Gasteiger partial charge in [0.2, 0.25) is 0 Å². The van der Waals surface area contributed by atoms with E-state index in [1.165, 1.54) is 12.1 Å². The summed E-state index contributed by atoms with van der Waals surface area (Å²) in [5.41, 5.74) is 0.801.